The van der Waals surface area contributed by atoms with Gasteiger partial charge in [-0.25, -0.2) is 0 Å². The molecule has 0 radical (unpaired) electrons. The van der Waals surface area contributed by atoms with Gasteiger partial charge in [-0.3, -0.25) is 4.79 Å². The Hall–Kier alpha value is -1.45. The molecule has 0 aliphatic carbocycles. The third-order valence-corrected chi connectivity index (χ3v) is 1.03. The van der Waals surface area contributed by atoms with Crippen LogP contribution < -0.4 is 0 Å². The lowest BCUT2D eigenvalue weighted by atomic mass is 10.2. The fourth-order valence-electron chi connectivity index (χ4n) is 0.537. The third-order valence-electron chi connectivity index (χ3n) is 1.03. The summed E-state index contributed by atoms with van der Waals surface area (Å²) in [4.78, 5) is 10.2. The SMILES string of the molecule is C=C/C(C=O)=C(\C=C)OC(F)F. The number of alkyl halides is 2. The molecule has 0 aliphatic rings. The normalized spacial score (nSPS) is 11.9. The van der Waals surface area contributed by atoms with Gasteiger partial charge in [0.05, 0.1) is 5.57 Å². The van der Waals surface area contributed by atoms with Gasteiger partial charge in [0.15, 0.2) is 6.29 Å². The Morgan fingerprint density at radius 3 is 2.17 bits per heavy atom. The number of carbonyl (C=O) groups is 1. The summed E-state index contributed by atoms with van der Waals surface area (Å²) in [5, 5.41) is 0. The Morgan fingerprint density at radius 2 is 1.92 bits per heavy atom. The zero-order valence-corrected chi connectivity index (χ0v) is 6.30. The van der Waals surface area contributed by atoms with Gasteiger partial charge in [0.1, 0.15) is 5.76 Å². The largest absolute Gasteiger partial charge is 0.434 e. The van der Waals surface area contributed by atoms with Crippen molar-refractivity contribution in [2.45, 2.75) is 6.61 Å². The van der Waals surface area contributed by atoms with E-state index in [0.29, 0.717) is 6.29 Å². The van der Waals surface area contributed by atoms with Gasteiger partial charge in [0.25, 0.3) is 0 Å². The molecule has 0 saturated carbocycles. The number of hydrogen-bond donors (Lipinski definition) is 0. The maximum Gasteiger partial charge on any atom is 0.387 e. The molecule has 0 atom stereocenters. The average Bonchev–Trinajstić information content (AvgIpc) is 2.04. The summed E-state index contributed by atoms with van der Waals surface area (Å²) in [7, 11) is 0. The van der Waals surface area contributed by atoms with Crippen LogP contribution in [0.15, 0.2) is 36.6 Å². The third kappa shape index (κ3) is 3.09. The zero-order valence-electron chi connectivity index (χ0n) is 6.30. The van der Waals surface area contributed by atoms with Crippen molar-refractivity contribution in [2.24, 2.45) is 0 Å². The van der Waals surface area contributed by atoms with E-state index >= 15 is 0 Å². The summed E-state index contributed by atoms with van der Waals surface area (Å²) >= 11 is 0. The molecule has 0 aromatic carbocycles. The van der Waals surface area contributed by atoms with Crippen molar-refractivity contribution in [3.05, 3.63) is 36.6 Å². The van der Waals surface area contributed by atoms with Gasteiger partial charge in [-0.15, -0.1) is 0 Å². The number of allylic oxidation sites excluding steroid dienone is 3. The van der Waals surface area contributed by atoms with Crippen LogP contribution in [-0.2, 0) is 9.53 Å². The molecule has 66 valence electrons. The van der Waals surface area contributed by atoms with Crippen LogP contribution in [0.25, 0.3) is 0 Å². The molecule has 12 heavy (non-hydrogen) atoms. The Labute approximate surface area is 68.8 Å². The van der Waals surface area contributed by atoms with E-state index in [9.17, 15) is 13.6 Å². The highest BCUT2D eigenvalue weighted by Crippen LogP contribution is 2.11. The first-order valence-electron chi connectivity index (χ1n) is 3.04. The van der Waals surface area contributed by atoms with Crippen LogP contribution in [0.1, 0.15) is 0 Å². The van der Waals surface area contributed by atoms with Crippen molar-refractivity contribution in [3.8, 4) is 0 Å². The van der Waals surface area contributed by atoms with Crippen molar-refractivity contribution < 1.29 is 18.3 Å². The highest BCUT2D eigenvalue weighted by Gasteiger charge is 2.07. The second-order valence-corrected chi connectivity index (χ2v) is 1.72. The summed E-state index contributed by atoms with van der Waals surface area (Å²) in [5.74, 6) is -0.269. The molecule has 0 aromatic heterocycles. The van der Waals surface area contributed by atoms with E-state index in [1.54, 1.807) is 0 Å². The lowest BCUT2D eigenvalue weighted by Crippen LogP contribution is -2.00. The Morgan fingerprint density at radius 1 is 1.33 bits per heavy atom. The van der Waals surface area contributed by atoms with Crippen LogP contribution in [0.3, 0.4) is 0 Å². The van der Waals surface area contributed by atoms with Crippen LogP contribution in [0.5, 0.6) is 0 Å². The van der Waals surface area contributed by atoms with E-state index in [1.807, 2.05) is 0 Å². The summed E-state index contributed by atoms with van der Waals surface area (Å²) in [6.07, 6.45) is 2.51. The number of hydrogen-bond acceptors (Lipinski definition) is 2. The number of ether oxygens (including phenoxy) is 1. The van der Waals surface area contributed by atoms with Crippen molar-refractivity contribution in [1.82, 2.24) is 0 Å². The summed E-state index contributed by atoms with van der Waals surface area (Å²) in [5.41, 5.74) is -0.0506. The summed E-state index contributed by atoms with van der Waals surface area (Å²) < 4.78 is 27.3. The molecule has 0 rings (SSSR count). The van der Waals surface area contributed by atoms with Gasteiger partial charge in [-0.1, -0.05) is 19.2 Å². The average molecular weight is 174 g/mol. The van der Waals surface area contributed by atoms with Gasteiger partial charge >= 0.3 is 6.61 Å². The zero-order chi connectivity index (χ0) is 9.56. The Kier molecular flexibility index (Phi) is 4.60. The van der Waals surface area contributed by atoms with Gasteiger partial charge in [-0.05, 0) is 6.08 Å². The molecule has 0 fully saturated rings. The molecule has 0 heterocycles. The van der Waals surface area contributed by atoms with Crippen LogP contribution in [0.4, 0.5) is 8.78 Å². The van der Waals surface area contributed by atoms with Crippen molar-refractivity contribution >= 4 is 6.29 Å². The summed E-state index contributed by atoms with van der Waals surface area (Å²) in [6.45, 7) is 3.49. The van der Waals surface area contributed by atoms with Crippen LogP contribution in [-0.4, -0.2) is 12.9 Å². The number of halogens is 2. The second kappa shape index (κ2) is 5.23. The first-order valence-corrected chi connectivity index (χ1v) is 3.04. The molecule has 4 heteroatoms. The van der Waals surface area contributed by atoms with Gasteiger partial charge in [0, 0.05) is 0 Å². The van der Waals surface area contributed by atoms with Crippen LogP contribution in [0, 0.1) is 0 Å². The minimum absolute atomic E-state index is 0.0506. The minimum atomic E-state index is -2.96. The predicted molar refractivity (Wildman–Crippen MR) is 40.6 cm³/mol. The number of carbonyl (C=O) groups excluding carboxylic acids is 1. The summed E-state index contributed by atoms with van der Waals surface area (Å²) in [6, 6.07) is 0. The highest BCUT2D eigenvalue weighted by molar-refractivity contribution is 5.78. The first kappa shape index (κ1) is 10.6. The van der Waals surface area contributed by atoms with E-state index in [1.165, 1.54) is 0 Å². The fourth-order valence-corrected chi connectivity index (χ4v) is 0.537. The highest BCUT2D eigenvalue weighted by atomic mass is 19.3. The maximum atomic E-state index is 11.7. The van der Waals surface area contributed by atoms with Gasteiger partial charge in [0.2, 0.25) is 0 Å². The second-order valence-electron chi connectivity index (χ2n) is 1.72. The predicted octanol–water partition coefficient (Wildman–Crippen LogP) is 2.05. The molecular weight excluding hydrogens is 166 g/mol. The van der Waals surface area contributed by atoms with E-state index < -0.39 is 6.61 Å². The topological polar surface area (TPSA) is 26.3 Å². The number of rotatable bonds is 5. The van der Waals surface area contributed by atoms with E-state index in [4.69, 9.17) is 0 Å². The Bertz CT molecular complexity index is 209. The quantitative estimate of drug-likeness (QED) is 0.276. The van der Waals surface area contributed by atoms with Crippen molar-refractivity contribution in [2.75, 3.05) is 0 Å². The molecule has 0 saturated heterocycles. The van der Waals surface area contributed by atoms with Crippen LogP contribution >= 0.6 is 0 Å². The lowest BCUT2D eigenvalue weighted by Gasteiger charge is -2.05. The first-order chi connectivity index (χ1) is 5.65. The van der Waals surface area contributed by atoms with E-state index in [2.05, 4.69) is 17.9 Å². The molecular formula is C8H8F2O2. The lowest BCUT2D eigenvalue weighted by molar-refractivity contribution is -0.106. The Balaban J connectivity index is 4.68. The minimum Gasteiger partial charge on any atom is -0.434 e. The van der Waals surface area contributed by atoms with Gasteiger partial charge < -0.3 is 4.74 Å². The molecule has 0 spiro atoms. The molecule has 0 amide bonds. The molecule has 2 nitrogen and oxygen atoms in total. The van der Waals surface area contributed by atoms with E-state index in [-0.39, 0.29) is 11.3 Å². The standard InChI is InChI=1S/C8H8F2O2/c1-3-6(5-11)7(4-2)12-8(9)10/h3-5,8H,1-2H2/b7-6-. The van der Waals surface area contributed by atoms with E-state index in [0.717, 1.165) is 12.2 Å². The molecule has 0 aliphatic heterocycles. The number of aldehydes is 1. The maximum absolute atomic E-state index is 11.7. The van der Waals surface area contributed by atoms with Crippen molar-refractivity contribution in [3.63, 3.8) is 0 Å². The smallest absolute Gasteiger partial charge is 0.387 e. The monoisotopic (exact) mass is 174 g/mol. The fraction of sp³-hybridized carbons (Fsp3) is 0.125. The molecule has 0 unspecified atom stereocenters. The van der Waals surface area contributed by atoms with Gasteiger partial charge in [-0.2, -0.15) is 8.78 Å². The van der Waals surface area contributed by atoms with Crippen LogP contribution in [0.2, 0.25) is 0 Å². The van der Waals surface area contributed by atoms with Crippen molar-refractivity contribution in [1.29, 1.82) is 0 Å². The molecule has 0 N–H and O–H groups in total. The molecule has 0 bridgehead atoms. The molecule has 0 aromatic rings.